The van der Waals surface area contributed by atoms with Crippen molar-refractivity contribution in [1.29, 1.82) is 10.5 Å². The number of hydrogen-bond donors (Lipinski definition) is 1. The largest absolute Gasteiger partial charge is 0.508 e. The van der Waals surface area contributed by atoms with Gasteiger partial charge in [0, 0.05) is 24.7 Å². The summed E-state index contributed by atoms with van der Waals surface area (Å²) in [6, 6.07) is 18.5. The van der Waals surface area contributed by atoms with Gasteiger partial charge in [-0.05, 0) is 78.5 Å². The SMILES string of the molecule is C=C1C[C@](C)(C2=CC(c3cc(O)cc(C#N)c3)=CC2)[C@H](c2ccc(C3(C#N)CC3)cc2)CCN1C. The predicted octanol–water partition coefficient (Wildman–Crippen LogP) is 6.56. The number of aromatic hydroxyl groups is 1. The Kier molecular flexibility index (Phi) is 5.57. The van der Waals surface area contributed by atoms with Crippen LogP contribution in [0.3, 0.4) is 0 Å². The van der Waals surface area contributed by atoms with Gasteiger partial charge in [-0.25, -0.2) is 0 Å². The Bertz CT molecular complexity index is 1330. The Balaban J connectivity index is 1.51. The average Bonchev–Trinajstić information content (AvgIpc) is 3.52. The molecule has 4 heteroatoms. The molecule has 2 atom stereocenters. The lowest BCUT2D eigenvalue weighted by Gasteiger charge is -2.39. The molecule has 1 heterocycles. The summed E-state index contributed by atoms with van der Waals surface area (Å²) in [4.78, 5) is 2.28. The molecule has 0 amide bonds. The van der Waals surface area contributed by atoms with E-state index in [0.717, 1.165) is 61.0 Å². The van der Waals surface area contributed by atoms with E-state index in [9.17, 15) is 15.6 Å². The molecule has 0 radical (unpaired) electrons. The van der Waals surface area contributed by atoms with Gasteiger partial charge in [-0.15, -0.1) is 0 Å². The zero-order valence-electron chi connectivity index (χ0n) is 20.5. The number of nitriles is 2. The zero-order chi connectivity index (χ0) is 24.8. The van der Waals surface area contributed by atoms with Gasteiger partial charge in [-0.3, -0.25) is 0 Å². The van der Waals surface area contributed by atoms with Gasteiger partial charge >= 0.3 is 0 Å². The summed E-state index contributed by atoms with van der Waals surface area (Å²) in [5.41, 5.74) is 6.95. The van der Waals surface area contributed by atoms with E-state index in [2.05, 4.69) is 74.0 Å². The number of allylic oxidation sites excluding steroid dienone is 5. The first-order valence-electron chi connectivity index (χ1n) is 12.3. The van der Waals surface area contributed by atoms with Crippen LogP contribution < -0.4 is 0 Å². The van der Waals surface area contributed by atoms with E-state index >= 15 is 0 Å². The molecule has 2 fully saturated rings. The third kappa shape index (κ3) is 4.04. The third-order valence-corrected chi connectivity index (χ3v) is 8.45. The minimum Gasteiger partial charge on any atom is -0.508 e. The van der Waals surface area contributed by atoms with Crippen LogP contribution >= 0.6 is 0 Å². The van der Waals surface area contributed by atoms with Crippen molar-refractivity contribution in [3.8, 4) is 17.9 Å². The number of phenols is 1. The molecule has 0 aromatic heterocycles. The lowest BCUT2D eigenvalue weighted by atomic mass is 9.65. The molecular formula is C31H31N3O. The van der Waals surface area contributed by atoms with Crippen LogP contribution in [0.25, 0.3) is 5.57 Å². The van der Waals surface area contributed by atoms with Gasteiger partial charge in [-0.1, -0.05) is 55.5 Å². The summed E-state index contributed by atoms with van der Waals surface area (Å²) in [5, 5.41) is 29.0. The minimum absolute atomic E-state index is 0.112. The molecule has 2 aliphatic carbocycles. The van der Waals surface area contributed by atoms with Gasteiger partial charge in [0.15, 0.2) is 0 Å². The smallest absolute Gasteiger partial charge is 0.117 e. The zero-order valence-corrected chi connectivity index (χ0v) is 20.5. The molecule has 3 aliphatic rings. The molecule has 176 valence electrons. The fourth-order valence-corrected chi connectivity index (χ4v) is 5.94. The van der Waals surface area contributed by atoms with Crippen molar-refractivity contribution in [2.75, 3.05) is 13.6 Å². The van der Waals surface area contributed by atoms with Crippen LogP contribution in [0.15, 0.2) is 72.5 Å². The van der Waals surface area contributed by atoms with E-state index in [-0.39, 0.29) is 16.6 Å². The quantitative estimate of drug-likeness (QED) is 0.559. The molecule has 1 aliphatic heterocycles. The van der Waals surface area contributed by atoms with Crippen LogP contribution in [0.1, 0.15) is 67.2 Å². The van der Waals surface area contributed by atoms with Gasteiger partial charge < -0.3 is 10.0 Å². The van der Waals surface area contributed by atoms with Crippen LogP contribution in [-0.2, 0) is 5.41 Å². The molecule has 2 aromatic rings. The maximum Gasteiger partial charge on any atom is 0.117 e. The summed E-state index contributed by atoms with van der Waals surface area (Å²) in [7, 11) is 2.13. The van der Waals surface area contributed by atoms with Crippen molar-refractivity contribution in [3.05, 3.63) is 94.7 Å². The molecule has 2 aromatic carbocycles. The molecule has 0 bridgehead atoms. The number of phenolic OH excluding ortho intramolecular Hbond substituents is 1. The van der Waals surface area contributed by atoms with Gasteiger partial charge in [0.05, 0.1) is 23.1 Å². The van der Waals surface area contributed by atoms with E-state index < -0.39 is 0 Å². The molecule has 0 spiro atoms. The van der Waals surface area contributed by atoms with Crippen molar-refractivity contribution >= 4 is 5.57 Å². The molecule has 5 rings (SSSR count). The van der Waals surface area contributed by atoms with E-state index in [1.165, 1.54) is 17.2 Å². The van der Waals surface area contributed by atoms with Crippen LogP contribution in [0.4, 0.5) is 0 Å². The Morgan fingerprint density at radius 1 is 1.11 bits per heavy atom. The predicted molar refractivity (Wildman–Crippen MR) is 138 cm³/mol. The monoisotopic (exact) mass is 461 g/mol. The van der Waals surface area contributed by atoms with Gasteiger partial charge in [0.2, 0.25) is 0 Å². The van der Waals surface area contributed by atoms with Gasteiger partial charge in [-0.2, -0.15) is 10.5 Å². The Labute approximate surface area is 208 Å². The Morgan fingerprint density at radius 2 is 1.86 bits per heavy atom. The summed E-state index contributed by atoms with van der Waals surface area (Å²) in [6.07, 6.45) is 9.10. The van der Waals surface area contributed by atoms with E-state index in [1.54, 1.807) is 6.07 Å². The highest BCUT2D eigenvalue weighted by atomic mass is 16.3. The highest BCUT2D eigenvalue weighted by molar-refractivity contribution is 5.79. The van der Waals surface area contributed by atoms with Crippen LogP contribution in [-0.4, -0.2) is 23.6 Å². The first kappa shape index (κ1) is 23.0. The van der Waals surface area contributed by atoms with Crippen molar-refractivity contribution in [1.82, 2.24) is 4.90 Å². The summed E-state index contributed by atoms with van der Waals surface area (Å²) in [5.74, 6) is 0.426. The molecule has 1 N–H and O–H groups in total. The maximum absolute atomic E-state index is 10.1. The molecule has 1 saturated heterocycles. The number of likely N-dealkylation sites (tertiary alicyclic amines) is 1. The molecule has 1 saturated carbocycles. The van der Waals surface area contributed by atoms with Crippen molar-refractivity contribution in [3.63, 3.8) is 0 Å². The van der Waals surface area contributed by atoms with Crippen LogP contribution in [0.2, 0.25) is 0 Å². The summed E-state index contributed by atoms with van der Waals surface area (Å²) >= 11 is 0. The topological polar surface area (TPSA) is 71.0 Å². The van der Waals surface area contributed by atoms with Gasteiger partial charge in [0.1, 0.15) is 5.75 Å². The standard InChI is InChI=1S/C31H31N3O/c1-21-18-30(2,27-9-6-24(16-27)25-14-22(19-32)15-28(35)17-25)29(10-13-34(21)3)23-4-7-26(8-5-23)31(20-33)11-12-31/h4-8,14-17,29,35H,1,9-13,18H2,2-3H3/t29-,30+/m0/s1. The van der Waals surface area contributed by atoms with Crippen molar-refractivity contribution in [2.45, 2.75) is 50.4 Å². The lowest BCUT2D eigenvalue weighted by molar-refractivity contribution is 0.307. The molecular weight excluding hydrogens is 430 g/mol. The first-order valence-corrected chi connectivity index (χ1v) is 12.3. The Morgan fingerprint density at radius 3 is 2.51 bits per heavy atom. The number of hydrogen-bond acceptors (Lipinski definition) is 4. The normalized spacial score (nSPS) is 25.2. The fraction of sp³-hybridized carbons (Fsp3) is 0.355. The minimum atomic E-state index is -0.268. The number of rotatable bonds is 4. The second-order valence-electron chi connectivity index (χ2n) is 10.7. The average molecular weight is 462 g/mol. The molecule has 35 heavy (non-hydrogen) atoms. The highest BCUT2D eigenvalue weighted by Crippen LogP contribution is 2.54. The molecule has 4 nitrogen and oxygen atoms in total. The Hall–Kier alpha value is -3.76. The van der Waals surface area contributed by atoms with E-state index in [4.69, 9.17) is 0 Å². The molecule has 0 unspecified atom stereocenters. The fourth-order valence-electron chi connectivity index (χ4n) is 5.94. The van der Waals surface area contributed by atoms with Crippen LogP contribution in [0.5, 0.6) is 5.75 Å². The number of nitrogens with zero attached hydrogens (tertiary/aromatic N) is 3. The van der Waals surface area contributed by atoms with Crippen LogP contribution in [0, 0.1) is 28.1 Å². The highest BCUT2D eigenvalue weighted by Gasteiger charge is 2.45. The first-order chi connectivity index (χ1) is 16.8. The second-order valence-corrected chi connectivity index (χ2v) is 10.7. The van der Waals surface area contributed by atoms with Crippen molar-refractivity contribution < 1.29 is 5.11 Å². The summed E-state index contributed by atoms with van der Waals surface area (Å²) < 4.78 is 0. The van der Waals surface area contributed by atoms with Gasteiger partial charge in [0.25, 0.3) is 0 Å². The maximum atomic E-state index is 10.1. The van der Waals surface area contributed by atoms with E-state index in [1.807, 2.05) is 6.07 Å². The lowest BCUT2D eigenvalue weighted by Crippen LogP contribution is -2.27. The van der Waals surface area contributed by atoms with E-state index in [0.29, 0.717) is 11.5 Å². The second kappa shape index (κ2) is 8.47. The van der Waals surface area contributed by atoms with Crippen molar-refractivity contribution in [2.24, 2.45) is 5.41 Å². The number of benzene rings is 2. The summed E-state index contributed by atoms with van der Waals surface area (Å²) in [6.45, 7) is 7.72. The third-order valence-electron chi connectivity index (χ3n) is 8.45.